The average molecular weight is 456 g/mol. The van der Waals surface area contributed by atoms with Crippen LogP contribution >= 0.6 is 0 Å². The molecule has 176 valence electrons. The van der Waals surface area contributed by atoms with Crippen molar-refractivity contribution in [3.63, 3.8) is 0 Å². The molecule has 5 aliphatic rings. The molecule has 4 atom stereocenters. The molecule has 3 heterocycles. The summed E-state index contributed by atoms with van der Waals surface area (Å²) in [6, 6.07) is 13.8. The van der Waals surface area contributed by atoms with Gasteiger partial charge in [-0.25, -0.2) is 0 Å². The number of H-pyrrole nitrogens is 1. The van der Waals surface area contributed by atoms with Crippen LogP contribution in [0, 0.1) is 5.92 Å². The van der Waals surface area contributed by atoms with Crippen LogP contribution in [0.25, 0.3) is 10.9 Å². The number of methoxy groups -OCH3 is 1. The zero-order valence-corrected chi connectivity index (χ0v) is 20.1. The van der Waals surface area contributed by atoms with Gasteiger partial charge in [0.15, 0.2) is 17.6 Å². The lowest BCUT2D eigenvalue weighted by molar-refractivity contribution is -0.0743. The van der Waals surface area contributed by atoms with Crippen molar-refractivity contribution in [3.05, 3.63) is 58.8 Å². The van der Waals surface area contributed by atoms with Gasteiger partial charge in [-0.2, -0.15) is 0 Å². The van der Waals surface area contributed by atoms with Gasteiger partial charge in [0.2, 0.25) is 0 Å². The van der Waals surface area contributed by atoms with Crippen LogP contribution in [0.5, 0.6) is 11.5 Å². The lowest BCUT2D eigenvalue weighted by Gasteiger charge is -2.65. The molecule has 0 unspecified atom stereocenters. The number of likely N-dealkylation sites (tertiary alicyclic amines) is 1. The second kappa shape index (κ2) is 6.58. The Bertz CT molecular complexity index is 1330. The molecule has 2 aromatic carbocycles. The number of nitrogens with zero attached hydrogens (tertiary/aromatic N) is 1. The van der Waals surface area contributed by atoms with Crippen LogP contribution in [0.1, 0.15) is 54.7 Å². The molecule has 1 aromatic heterocycles. The van der Waals surface area contributed by atoms with Gasteiger partial charge in [-0.05, 0) is 74.4 Å². The van der Waals surface area contributed by atoms with E-state index in [1.807, 2.05) is 0 Å². The van der Waals surface area contributed by atoms with Crippen LogP contribution in [-0.2, 0) is 18.3 Å². The quantitative estimate of drug-likeness (QED) is 0.595. The third-order valence-corrected chi connectivity index (χ3v) is 9.82. The molecule has 2 bridgehead atoms. The van der Waals surface area contributed by atoms with Gasteiger partial charge in [-0.1, -0.05) is 31.2 Å². The van der Waals surface area contributed by atoms with E-state index in [0.717, 1.165) is 49.8 Å². The minimum Gasteiger partial charge on any atom is -0.493 e. The lowest BCUT2D eigenvalue weighted by Crippen LogP contribution is -2.79. The van der Waals surface area contributed by atoms with Gasteiger partial charge >= 0.3 is 0 Å². The van der Waals surface area contributed by atoms with Gasteiger partial charge in [0.05, 0.1) is 23.8 Å². The van der Waals surface area contributed by atoms with Crippen molar-refractivity contribution >= 4 is 10.9 Å². The predicted molar refractivity (Wildman–Crippen MR) is 133 cm³/mol. The van der Waals surface area contributed by atoms with E-state index in [4.69, 9.17) is 9.47 Å². The summed E-state index contributed by atoms with van der Waals surface area (Å²) >= 11 is 0. The number of hydrogen-bond donors (Lipinski definition) is 2. The molecule has 1 spiro atoms. The Morgan fingerprint density at radius 3 is 2.91 bits per heavy atom. The highest BCUT2D eigenvalue weighted by molar-refractivity contribution is 5.86. The van der Waals surface area contributed by atoms with E-state index < -0.39 is 0 Å². The molecule has 1 saturated carbocycles. The third kappa shape index (κ3) is 2.19. The maximum absolute atomic E-state index is 7.04. The molecule has 34 heavy (non-hydrogen) atoms. The normalized spacial score (nSPS) is 32.9. The fraction of sp³-hybridized carbons (Fsp3) is 0.517. The topological polar surface area (TPSA) is 49.5 Å². The first kappa shape index (κ1) is 19.8. The highest BCUT2D eigenvalue weighted by Gasteiger charge is 2.72. The molecule has 8 rings (SSSR count). The fourth-order valence-corrected chi connectivity index (χ4v) is 8.42. The zero-order valence-electron chi connectivity index (χ0n) is 20.1. The van der Waals surface area contributed by atoms with E-state index in [1.165, 1.54) is 52.7 Å². The first-order valence-electron chi connectivity index (χ1n) is 13.2. The van der Waals surface area contributed by atoms with Crippen LogP contribution in [0.15, 0.2) is 36.4 Å². The second-order valence-electron chi connectivity index (χ2n) is 11.2. The summed E-state index contributed by atoms with van der Waals surface area (Å²) in [7, 11) is 1.77. The van der Waals surface area contributed by atoms with Crippen LogP contribution in [-0.4, -0.2) is 48.2 Å². The molecular formula is C29H33N3O2. The molecule has 0 radical (unpaired) electrons. The van der Waals surface area contributed by atoms with E-state index in [9.17, 15) is 0 Å². The number of benzene rings is 2. The molecule has 1 saturated heterocycles. The molecule has 2 fully saturated rings. The predicted octanol–water partition coefficient (Wildman–Crippen LogP) is 4.49. The van der Waals surface area contributed by atoms with E-state index in [1.54, 1.807) is 7.11 Å². The van der Waals surface area contributed by atoms with Crippen LogP contribution in [0.2, 0.25) is 0 Å². The third-order valence-electron chi connectivity index (χ3n) is 9.82. The van der Waals surface area contributed by atoms with Crippen LogP contribution < -0.4 is 14.8 Å². The number of ether oxygens (including phenoxy) is 2. The summed E-state index contributed by atoms with van der Waals surface area (Å²) in [6.45, 7) is 5.65. The Kier molecular flexibility index (Phi) is 3.83. The highest BCUT2D eigenvalue weighted by Crippen LogP contribution is 2.69. The number of aromatic nitrogens is 1. The van der Waals surface area contributed by atoms with E-state index in [-0.39, 0.29) is 17.1 Å². The van der Waals surface area contributed by atoms with Gasteiger partial charge in [-0.15, -0.1) is 0 Å². The largest absolute Gasteiger partial charge is 0.493 e. The second-order valence-corrected chi connectivity index (χ2v) is 11.2. The molecule has 3 aliphatic carbocycles. The highest BCUT2D eigenvalue weighted by atomic mass is 16.5. The number of nitrogens with one attached hydrogen (secondary N) is 2. The Balaban J connectivity index is 1.44. The van der Waals surface area contributed by atoms with Gasteiger partial charge < -0.3 is 19.8 Å². The maximum atomic E-state index is 7.04. The summed E-state index contributed by atoms with van der Waals surface area (Å²) < 4.78 is 12.9. The molecule has 2 aliphatic heterocycles. The van der Waals surface area contributed by atoms with E-state index in [0.29, 0.717) is 6.04 Å². The van der Waals surface area contributed by atoms with Crippen molar-refractivity contribution in [2.75, 3.05) is 26.7 Å². The Labute approximate surface area is 200 Å². The summed E-state index contributed by atoms with van der Waals surface area (Å²) in [4.78, 5) is 6.68. The van der Waals surface area contributed by atoms with Gasteiger partial charge in [0.25, 0.3) is 0 Å². The zero-order chi connectivity index (χ0) is 22.7. The van der Waals surface area contributed by atoms with Crippen LogP contribution in [0.3, 0.4) is 0 Å². The van der Waals surface area contributed by atoms with Crippen molar-refractivity contribution in [2.24, 2.45) is 5.92 Å². The van der Waals surface area contributed by atoms with Crippen molar-refractivity contribution < 1.29 is 9.47 Å². The molecule has 3 aromatic rings. The number of rotatable bonds is 5. The van der Waals surface area contributed by atoms with E-state index >= 15 is 0 Å². The number of para-hydroxylation sites is 1. The lowest BCUT2D eigenvalue weighted by atomic mass is 9.47. The van der Waals surface area contributed by atoms with Crippen LogP contribution in [0.4, 0.5) is 0 Å². The van der Waals surface area contributed by atoms with E-state index in [2.05, 4.69) is 58.5 Å². The standard InChI is InChI=1S/C29H33N3O2/c1-3-30-29-15-20-19-6-4-5-7-21(19)31-25(20)27-28(29)12-13-32(16-17-8-9-17)23(29)14-18-10-11-22(33-2)26(34-27)24(18)28/h4-7,10-11,17,23,27,30-31H,3,8-9,12-16H2,1-2H3/t23-,27+,28-,29-/m1/s1. The number of likely N-dealkylation sites (N-methyl/N-ethyl adjacent to an activating group) is 1. The summed E-state index contributed by atoms with van der Waals surface area (Å²) in [6.07, 6.45) is 6.04. The van der Waals surface area contributed by atoms with Crippen molar-refractivity contribution in [2.45, 2.75) is 62.1 Å². The smallest absolute Gasteiger partial charge is 0.166 e. The van der Waals surface area contributed by atoms with Crippen molar-refractivity contribution in [1.82, 2.24) is 15.2 Å². The maximum Gasteiger partial charge on any atom is 0.166 e. The fourth-order valence-electron chi connectivity index (χ4n) is 8.42. The molecular weight excluding hydrogens is 422 g/mol. The molecule has 2 N–H and O–H groups in total. The Morgan fingerprint density at radius 1 is 1.21 bits per heavy atom. The summed E-state index contributed by atoms with van der Waals surface area (Å²) in [5.74, 6) is 2.76. The number of hydrogen-bond acceptors (Lipinski definition) is 4. The molecule has 5 heteroatoms. The first-order chi connectivity index (χ1) is 16.7. The number of aromatic amines is 1. The summed E-state index contributed by atoms with van der Waals surface area (Å²) in [5.41, 5.74) is 6.73. The Hall–Kier alpha value is -2.50. The van der Waals surface area contributed by atoms with Gasteiger partial charge in [0.1, 0.15) is 0 Å². The number of piperidine rings is 1. The molecule has 0 amide bonds. The molecule has 5 nitrogen and oxygen atoms in total. The average Bonchev–Trinajstić information content (AvgIpc) is 3.49. The van der Waals surface area contributed by atoms with Gasteiger partial charge in [-0.3, -0.25) is 4.90 Å². The van der Waals surface area contributed by atoms with Crippen molar-refractivity contribution in [3.8, 4) is 11.5 Å². The SMILES string of the molecule is CCN[C@@]12Cc3c([nH]c4ccccc34)[C@@H]3Oc4c(OC)ccc5c4[C@]31CCN(CC1CC1)[C@@H]2C5. The minimum absolute atomic E-state index is 0.0152. The first-order valence-corrected chi connectivity index (χ1v) is 13.2. The monoisotopic (exact) mass is 455 g/mol. The summed E-state index contributed by atoms with van der Waals surface area (Å²) in [5, 5.41) is 5.53. The van der Waals surface area contributed by atoms with Crippen molar-refractivity contribution in [1.29, 1.82) is 0 Å². The Morgan fingerprint density at radius 2 is 2.09 bits per heavy atom. The minimum atomic E-state index is -0.0843. The number of fused-ring (bicyclic) bond motifs is 4. The van der Waals surface area contributed by atoms with Gasteiger partial charge in [0, 0.05) is 29.1 Å².